The summed E-state index contributed by atoms with van der Waals surface area (Å²) in [5.41, 5.74) is 0.178. The average Bonchev–Trinajstić information content (AvgIpc) is 2.95. The van der Waals surface area contributed by atoms with Gasteiger partial charge >= 0.3 is 5.69 Å². The van der Waals surface area contributed by atoms with Crippen LogP contribution in [0.2, 0.25) is 0 Å². The molecule has 9 nitrogen and oxygen atoms in total. The molecular weight excluding hydrogens is 402 g/mol. The van der Waals surface area contributed by atoms with Gasteiger partial charge in [-0.2, -0.15) is 0 Å². The first kappa shape index (κ1) is 22.2. The fourth-order valence-corrected chi connectivity index (χ4v) is 4.50. The van der Waals surface area contributed by atoms with Crippen LogP contribution in [0, 0.1) is 0 Å². The summed E-state index contributed by atoms with van der Waals surface area (Å²) in [6, 6.07) is 5.72. The van der Waals surface area contributed by atoms with Crippen LogP contribution in [0.5, 0.6) is 0 Å². The highest BCUT2D eigenvalue weighted by Crippen LogP contribution is 2.22. The second-order valence-corrected chi connectivity index (χ2v) is 9.53. The van der Waals surface area contributed by atoms with Crippen molar-refractivity contribution in [3.05, 3.63) is 34.7 Å². The monoisotopic (exact) mass is 427 g/mol. The molecule has 1 atom stereocenters. The Hall–Kier alpha value is -2.11. The molecule has 0 saturated heterocycles. The van der Waals surface area contributed by atoms with Gasteiger partial charge < -0.3 is 5.32 Å². The predicted octanol–water partition coefficient (Wildman–Crippen LogP) is 1.79. The molecule has 1 amide bonds. The van der Waals surface area contributed by atoms with Crippen molar-refractivity contribution in [3.63, 3.8) is 0 Å². The molecule has 154 valence electrons. The standard InChI is InChI=1S/C17H25N5O4S2/c1-5-10-22-16(24)19-20-17(22)27-12(4)15(23)18-13-6-8-14(9-7-13)28(25,26)21-11(2)3/h6-9,11-12,21H,5,10H2,1-4H3,(H,18,23)(H,19,24). The number of H-pyrrole nitrogens is 1. The maximum Gasteiger partial charge on any atom is 0.343 e. The highest BCUT2D eigenvalue weighted by molar-refractivity contribution is 8.00. The van der Waals surface area contributed by atoms with Crippen LogP contribution in [0.15, 0.2) is 39.1 Å². The molecule has 0 fully saturated rings. The van der Waals surface area contributed by atoms with Gasteiger partial charge in [0.25, 0.3) is 0 Å². The van der Waals surface area contributed by atoms with E-state index in [-0.39, 0.29) is 22.5 Å². The van der Waals surface area contributed by atoms with Crippen LogP contribution < -0.4 is 15.7 Å². The lowest BCUT2D eigenvalue weighted by Crippen LogP contribution is -2.30. The molecule has 1 aromatic heterocycles. The molecule has 0 aliphatic rings. The fourth-order valence-electron chi connectivity index (χ4n) is 2.37. The fraction of sp³-hybridized carbons (Fsp3) is 0.471. The smallest absolute Gasteiger partial charge is 0.325 e. The number of aromatic amines is 1. The highest BCUT2D eigenvalue weighted by Gasteiger charge is 2.20. The second-order valence-electron chi connectivity index (χ2n) is 6.51. The van der Waals surface area contributed by atoms with Crippen LogP contribution in [0.3, 0.4) is 0 Å². The van der Waals surface area contributed by atoms with E-state index in [1.165, 1.54) is 40.6 Å². The molecule has 0 bridgehead atoms. The number of nitrogens with zero attached hydrogens (tertiary/aromatic N) is 2. The van der Waals surface area contributed by atoms with E-state index in [0.29, 0.717) is 17.4 Å². The summed E-state index contributed by atoms with van der Waals surface area (Å²) in [4.78, 5) is 24.3. The highest BCUT2D eigenvalue weighted by atomic mass is 32.2. The minimum Gasteiger partial charge on any atom is -0.325 e. The summed E-state index contributed by atoms with van der Waals surface area (Å²) in [6.45, 7) is 7.66. The summed E-state index contributed by atoms with van der Waals surface area (Å²) >= 11 is 1.18. The molecule has 1 heterocycles. The Kier molecular flexibility index (Phi) is 7.44. The zero-order chi connectivity index (χ0) is 20.9. The lowest BCUT2D eigenvalue weighted by molar-refractivity contribution is -0.115. The van der Waals surface area contributed by atoms with Crippen LogP contribution >= 0.6 is 11.8 Å². The number of hydrogen-bond acceptors (Lipinski definition) is 6. The Labute approximate surface area is 168 Å². The van der Waals surface area contributed by atoms with Crippen molar-refractivity contribution in [1.82, 2.24) is 19.5 Å². The van der Waals surface area contributed by atoms with E-state index in [0.717, 1.165) is 6.42 Å². The predicted molar refractivity (Wildman–Crippen MR) is 109 cm³/mol. The molecular formula is C17H25N5O4S2. The molecule has 0 radical (unpaired) electrons. The maximum atomic E-state index is 12.4. The Morgan fingerprint density at radius 3 is 2.46 bits per heavy atom. The lowest BCUT2D eigenvalue weighted by atomic mass is 10.3. The third kappa shape index (κ3) is 5.69. The first-order chi connectivity index (χ1) is 13.1. The van der Waals surface area contributed by atoms with Gasteiger partial charge in [0.15, 0.2) is 5.16 Å². The van der Waals surface area contributed by atoms with E-state index in [1.807, 2.05) is 6.92 Å². The van der Waals surface area contributed by atoms with Crippen molar-refractivity contribution in [2.24, 2.45) is 0 Å². The number of carbonyl (C=O) groups excluding carboxylic acids is 1. The molecule has 1 unspecified atom stereocenters. The molecule has 2 aromatic rings. The zero-order valence-electron chi connectivity index (χ0n) is 16.2. The van der Waals surface area contributed by atoms with E-state index in [4.69, 9.17) is 0 Å². The summed E-state index contributed by atoms with van der Waals surface area (Å²) in [5, 5.41) is 9.04. The Balaban J connectivity index is 2.03. The average molecular weight is 428 g/mol. The van der Waals surface area contributed by atoms with Crippen LogP contribution in [0.4, 0.5) is 5.69 Å². The van der Waals surface area contributed by atoms with E-state index in [1.54, 1.807) is 20.8 Å². The number of carbonyl (C=O) groups is 1. The largest absolute Gasteiger partial charge is 0.343 e. The number of benzene rings is 1. The summed E-state index contributed by atoms with van der Waals surface area (Å²) in [6.07, 6.45) is 0.772. The molecule has 1 aromatic carbocycles. The van der Waals surface area contributed by atoms with E-state index in [9.17, 15) is 18.0 Å². The van der Waals surface area contributed by atoms with Gasteiger partial charge in [-0.1, -0.05) is 18.7 Å². The Morgan fingerprint density at radius 1 is 1.25 bits per heavy atom. The number of sulfonamides is 1. The van der Waals surface area contributed by atoms with Gasteiger partial charge in [0.2, 0.25) is 15.9 Å². The Bertz CT molecular complexity index is 964. The van der Waals surface area contributed by atoms with E-state index >= 15 is 0 Å². The number of amides is 1. The van der Waals surface area contributed by atoms with E-state index < -0.39 is 15.3 Å². The van der Waals surface area contributed by atoms with Crippen LogP contribution in [0.1, 0.15) is 34.1 Å². The quantitative estimate of drug-likeness (QED) is 0.524. The van der Waals surface area contributed by atoms with Crippen molar-refractivity contribution >= 4 is 33.4 Å². The number of anilines is 1. The first-order valence-corrected chi connectivity index (χ1v) is 11.3. The SMILES string of the molecule is CCCn1c(SC(C)C(=O)Nc2ccc(S(=O)(=O)NC(C)C)cc2)n[nH]c1=O. The third-order valence-corrected chi connectivity index (χ3v) is 6.41. The van der Waals surface area contributed by atoms with Crippen LogP contribution in [0.25, 0.3) is 0 Å². The lowest BCUT2D eigenvalue weighted by Gasteiger charge is -2.13. The number of rotatable bonds is 9. The number of thioether (sulfide) groups is 1. The van der Waals surface area contributed by atoms with Crippen molar-refractivity contribution in [2.45, 2.75) is 62.0 Å². The van der Waals surface area contributed by atoms with Crippen molar-refractivity contribution in [2.75, 3.05) is 5.32 Å². The minimum atomic E-state index is -3.58. The molecule has 0 aliphatic heterocycles. The Morgan fingerprint density at radius 2 is 1.89 bits per heavy atom. The molecule has 2 rings (SSSR count). The van der Waals surface area contributed by atoms with Crippen molar-refractivity contribution in [1.29, 1.82) is 0 Å². The number of nitrogens with one attached hydrogen (secondary N) is 3. The van der Waals surface area contributed by atoms with Crippen molar-refractivity contribution < 1.29 is 13.2 Å². The van der Waals surface area contributed by atoms with Crippen molar-refractivity contribution in [3.8, 4) is 0 Å². The number of aromatic nitrogens is 3. The van der Waals surface area contributed by atoms with Crippen LogP contribution in [-0.2, 0) is 21.4 Å². The zero-order valence-corrected chi connectivity index (χ0v) is 17.9. The van der Waals surface area contributed by atoms with Gasteiger partial charge in [0.05, 0.1) is 10.1 Å². The van der Waals surface area contributed by atoms with E-state index in [2.05, 4.69) is 20.2 Å². The number of hydrogen-bond donors (Lipinski definition) is 3. The molecule has 11 heteroatoms. The topological polar surface area (TPSA) is 126 Å². The normalized spacial score (nSPS) is 12.9. The first-order valence-electron chi connectivity index (χ1n) is 8.89. The molecule has 0 saturated carbocycles. The second kappa shape index (κ2) is 9.39. The summed E-state index contributed by atoms with van der Waals surface area (Å²) < 4.78 is 28.3. The van der Waals surface area contributed by atoms with Gasteiger partial charge in [-0.25, -0.2) is 23.0 Å². The summed E-state index contributed by atoms with van der Waals surface area (Å²) in [5.74, 6) is -0.278. The van der Waals surface area contributed by atoms with Gasteiger partial charge in [-0.3, -0.25) is 9.36 Å². The third-order valence-electron chi connectivity index (χ3n) is 3.64. The van der Waals surface area contributed by atoms with Crippen LogP contribution in [-0.4, -0.2) is 40.4 Å². The molecule has 0 spiro atoms. The van der Waals surface area contributed by atoms with Gasteiger partial charge in [0, 0.05) is 18.3 Å². The molecule has 28 heavy (non-hydrogen) atoms. The molecule has 3 N–H and O–H groups in total. The molecule has 0 aliphatic carbocycles. The maximum absolute atomic E-state index is 12.4. The van der Waals surface area contributed by atoms with Gasteiger partial charge in [0.1, 0.15) is 0 Å². The minimum absolute atomic E-state index is 0.127. The van der Waals surface area contributed by atoms with Gasteiger partial charge in [-0.05, 0) is 51.5 Å². The van der Waals surface area contributed by atoms with Gasteiger partial charge in [-0.15, -0.1) is 5.10 Å². The summed E-state index contributed by atoms with van der Waals surface area (Å²) in [7, 11) is -3.58.